The Bertz CT molecular complexity index is 454. The van der Waals surface area contributed by atoms with Gasteiger partial charge in [-0.05, 0) is 45.7 Å². The zero-order valence-electron chi connectivity index (χ0n) is 12.1. The molecule has 1 fully saturated rings. The van der Waals surface area contributed by atoms with Crippen LogP contribution in [0.5, 0.6) is 0 Å². The molecule has 19 heavy (non-hydrogen) atoms. The van der Waals surface area contributed by atoms with E-state index in [2.05, 4.69) is 24.1 Å². The van der Waals surface area contributed by atoms with Crippen molar-refractivity contribution in [1.82, 2.24) is 10.3 Å². The largest absolute Gasteiger partial charge is 0.367 e. The number of aromatic nitrogens is 1. The van der Waals surface area contributed by atoms with Crippen LogP contribution in [0.25, 0.3) is 0 Å². The highest BCUT2D eigenvalue weighted by molar-refractivity contribution is 5.78. The highest BCUT2D eigenvalue weighted by atomic mass is 16.5. The van der Waals surface area contributed by atoms with Crippen LogP contribution in [0.1, 0.15) is 39.7 Å². The second-order valence-corrected chi connectivity index (χ2v) is 6.33. The first-order chi connectivity index (χ1) is 8.78. The summed E-state index contributed by atoms with van der Waals surface area (Å²) < 4.78 is 5.97. The minimum absolute atomic E-state index is 0.0207. The molecule has 1 aliphatic heterocycles. The average molecular weight is 262 g/mol. The number of nitrogens with one attached hydrogen (secondary N) is 1. The number of hydrogen-bond donors (Lipinski definition) is 1. The molecule has 104 valence electrons. The fourth-order valence-electron chi connectivity index (χ4n) is 2.72. The van der Waals surface area contributed by atoms with E-state index in [0.717, 1.165) is 12.0 Å². The number of carbonyl (C=O) groups is 1. The van der Waals surface area contributed by atoms with E-state index in [1.807, 2.05) is 26.0 Å². The highest BCUT2D eigenvalue weighted by Crippen LogP contribution is 2.37. The third-order valence-corrected chi connectivity index (χ3v) is 3.50. The molecule has 0 spiro atoms. The zero-order valence-corrected chi connectivity index (χ0v) is 12.1. The summed E-state index contributed by atoms with van der Waals surface area (Å²) in [5.74, 6) is 0.0207. The van der Waals surface area contributed by atoms with Crippen molar-refractivity contribution in [3.63, 3.8) is 0 Å². The molecule has 1 N–H and O–H groups in total. The van der Waals surface area contributed by atoms with Crippen molar-refractivity contribution in [3.8, 4) is 0 Å². The van der Waals surface area contributed by atoms with E-state index in [0.29, 0.717) is 6.42 Å². The van der Waals surface area contributed by atoms with E-state index in [9.17, 15) is 4.79 Å². The second-order valence-electron chi connectivity index (χ2n) is 6.33. The Kier molecular flexibility index (Phi) is 3.63. The van der Waals surface area contributed by atoms with Crippen molar-refractivity contribution in [1.29, 1.82) is 0 Å². The van der Waals surface area contributed by atoms with E-state index in [4.69, 9.17) is 4.74 Å². The van der Waals surface area contributed by atoms with Crippen LogP contribution in [0.3, 0.4) is 0 Å². The third kappa shape index (κ3) is 3.53. The van der Waals surface area contributed by atoms with Gasteiger partial charge in [-0.15, -0.1) is 0 Å². The molecule has 0 radical (unpaired) electrons. The molecule has 0 bridgehead atoms. The first kappa shape index (κ1) is 14.0. The summed E-state index contributed by atoms with van der Waals surface area (Å²) in [6.45, 7) is 8.16. The zero-order chi connectivity index (χ0) is 14.1. The van der Waals surface area contributed by atoms with E-state index < -0.39 is 0 Å². The third-order valence-electron chi connectivity index (χ3n) is 3.50. The summed E-state index contributed by atoms with van der Waals surface area (Å²) in [6.07, 6.45) is 4.62. The van der Waals surface area contributed by atoms with Crippen LogP contribution in [0.4, 0.5) is 0 Å². The molecule has 0 unspecified atom stereocenters. The van der Waals surface area contributed by atoms with Crippen LogP contribution in [0, 0.1) is 0 Å². The molecule has 1 saturated heterocycles. The molecule has 1 aliphatic rings. The minimum Gasteiger partial charge on any atom is -0.367 e. The van der Waals surface area contributed by atoms with Crippen molar-refractivity contribution >= 4 is 5.91 Å². The Balaban J connectivity index is 1.96. The lowest BCUT2D eigenvalue weighted by molar-refractivity contribution is -0.123. The number of nitrogens with zero attached hydrogens (tertiary/aromatic N) is 1. The van der Waals surface area contributed by atoms with Crippen LogP contribution in [0.2, 0.25) is 0 Å². The monoisotopic (exact) mass is 262 g/mol. The van der Waals surface area contributed by atoms with Gasteiger partial charge >= 0.3 is 0 Å². The van der Waals surface area contributed by atoms with Gasteiger partial charge in [-0.25, -0.2) is 0 Å². The topological polar surface area (TPSA) is 51.2 Å². The molecular weight excluding hydrogens is 240 g/mol. The number of rotatable bonds is 3. The van der Waals surface area contributed by atoms with Gasteiger partial charge in [0.05, 0.1) is 23.7 Å². The molecule has 4 nitrogen and oxygen atoms in total. The second kappa shape index (κ2) is 4.93. The fourth-order valence-corrected chi connectivity index (χ4v) is 2.72. The molecule has 4 heteroatoms. The summed E-state index contributed by atoms with van der Waals surface area (Å²) in [7, 11) is 0. The van der Waals surface area contributed by atoms with Crippen LogP contribution in [-0.4, -0.2) is 28.1 Å². The smallest absolute Gasteiger partial charge is 0.224 e. The molecule has 1 aromatic rings. The Labute approximate surface area is 114 Å². The normalized spacial score (nSPS) is 24.1. The van der Waals surface area contributed by atoms with Crippen molar-refractivity contribution in [2.24, 2.45) is 0 Å². The van der Waals surface area contributed by atoms with Gasteiger partial charge < -0.3 is 10.1 Å². The molecule has 0 aromatic carbocycles. The maximum Gasteiger partial charge on any atom is 0.224 e. The van der Waals surface area contributed by atoms with Gasteiger partial charge in [0.1, 0.15) is 0 Å². The predicted molar refractivity (Wildman–Crippen MR) is 73.7 cm³/mol. The van der Waals surface area contributed by atoms with E-state index in [-0.39, 0.29) is 23.2 Å². The molecule has 1 atom stereocenters. The van der Waals surface area contributed by atoms with Gasteiger partial charge in [0, 0.05) is 12.4 Å². The number of carbonyl (C=O) groups excluding carboxylic acids is 1. The molecule has 0 saturated carbocycles. The lowest BCUT2D eigenvalue weighted by Crippen LogP contribution is -2.46. The van der Waals surface area contributed by atoms with E-state index >= 15 is 0 Å². The number of hydrogen-bond acceptors (Lipinski definition) is 3. The summed E-state index contributed by atoms with van der Waals surface area (Å²) in [4.78, 5) is 16.1. The van der Waals surface area contributed by atoms with Crippen LogP contribution >= 0.6 is 0 Å². The molecule has 2 rings (SSSR count). The average Bonchev–Trinajstić information content (AvgIpc) is 2.47. The quantitative estimate of drug-likeness (QED) is 0.907. The number of amides is 1. The summed E-state index contributed by atoms with van der Waals surface area (Å²) in [5.41, 5.74) is 0.417. The Morgan fingerprint density at radius 3 is 2.74 bits per heavy atom. The van der Waals surface area contributed by atoms with E-state index in [1.165, 1.54) is 0 Å². The number of pyridine rings is 1. The van der Waals surface area contributed by atoms with E-state index in [1.54, 1.807) is 12.4 Å². The Hall–Kier alpha value is -1.42. The molecule has 0 aliphatic carbocycles. The Morgan fingerprint density at radius 2 is 2.21 bits per heavy atom. The SMILES string of the molecule is CC1(C)C[C@@H](NC(=O)Cc2cccnc2)C(C)(C)O1. The van der Waals surface area contributed by atoms with Crippen LogP contribution in [0.15, 0.2) is 24.5 Å². The van der Waals surface area contributed by atoms with Crippen molar-refractivity contribution in [2.45, 2.75) is 57.8 Å². The summed E-state index contributed by atoms with van der Waals surface area (Å²) in [6, 6.07) is 3.80. The van der Waals surface area contributed by atoms with Crippen molar-refractivity contribution in [2.75, 3.05) is 0 Å². The van der Waals surface area contributed by atoms with Gasteiger partial charge in [0.2, 0.25) is 5.91 Å². The molecule has 1 amide bonds. The molecule has 2 heterocycles. The van der Waals surface area contributed by atoms with Gasteiger partial charge in [-0.3, -0.25) is 9.78 Å². The van der Waals surface area contributed by atoms with Gasteiger partial charge in [-0.1, -0.05) is 6.07 Å². The lowest BCUT2D eigenvalue weighted by atomic mass is 9.94. The predicted octanol–water partition coefficient (Wildman–Crippen LogP) is 2.09. The summed E-state index contributed by atoms with van der Waals surface area (Å²) >= 11 is 0. The first-order valence-electron chi connectivity index (χ1n) is 6.67. The van der Waals surface area contributed by atoms with Crippen LogP contribution in [-0.2, 0) is 16.0 Å². The summed E-state index contributed by atoms with van der Waals surface area (Å²) in [5, 5.41) is 3.08. The van der Waals surface area contributed by atoms with Gasteiger partial charge in [0.15, 0.2) is 0 Å². The first-order valence-corrected chi connectivity index (χ1v) is 6.67. The maximum atomic E-state index is 12.1. The minimum atomic E-state index is -0.325. The van der Waals surface area contributed by atoms with Gasteiger partial charge in [0.25, 0.3) is 0 Å². The molecule has 1 aromatic heterocycles. The highest BCUT2D eigenvalue weighted by Gasteiger charge is 2.46. The fraction of sp³-hybridized carbons (Fsp3) is 0.600. The van der Waals surface area contributed by atoms with Crippen molar-refractivity contribution in [3.05, 3.63) is 30.1 Å². The Morgan fingerprint density at radius 1 is 1.47 bits per heavy atom. The van der Waals surface area contributed by atoms with Crippen LogP contribution < -0.4 is 5.32 Å². The van der Waals surface area contributed by atoms with Crippen molar-refractivity contribution < 1.29 is 9.53 Å². The lowest BCUT2D eigenvalue weighted by Gasteiger charge is -2.27. The number of ether oxygens (including phenoxy) is 1. The molecular formula is C15H22N2O2. The van der Waals surface area contributed by atoms with Gasteiger partial charge in [-0.2, -0.15) is 0 Å². The standard InChI is InChI=1S/C15H22N2O2/c1-14(2)9-12(15(3,4)19-14)17-13(18)8-11-6-5-7-16-10-11/h5-7,10,12H,8-9H2,1-4H3,(H,17,18)/t12-/m1/s1. The maximum absolute atomic E-state index is 12.1.